The highest BCUT2D eigenvalue weighted by Crippen LogP contribution is 2.44. The van der Waals surface area contributed by atoms with Gasteiger partial charge in [-0.05, 0) is 42.0 Å². The summed E-state index contributed by atoms with van der Waals surface area (Å²) < 4.78 is 5.62. The van der Waals surface area contributed by atoms with Crippen molar-refractivity contribution in [2.45, 2.75) is 50.2 Å². The van der Waals surface area contributed by atoms with E-state index in [9.17, 15) is 19.5 Å². The van der Waals surface area contributed by atoms with E-state index >= 15 is 0 Å². The number of fused-ring (bicyclic) bond motifs is 3. The predicted molar refractivity (Wildman–Crippen MR) is 125 cm³/mol. The first-order chi connectivity index (χ1) is 16.3. The Morgan fingerprint density at radius 1 is 1.00 bits per heavy atom. The van der Waals surface area contributed by atoms with Crippen LogP contribution in [0.25, 0.3) is 11.1 Å². The van der Waals surface area contributed by atoms with Crippen molar-refractivity contribution in [3.05, 3.63) is 59.7 Å². The standard InChI is InChI=1S/C26H30N2O6/c1-26(33,24(30)31)15-27-23(29)20-12-6-7-13-22(20)28-25(32)34-14-21-18-10-4-2-8-16(18)17-9-3-5-11-19(17)21/h2-5,8-11,20-22,33H,6-7,12-15H2,1H3,(H,27,29)(H,28,32)(H,30,31)/t20-,22+,26?/m1/s1. The first-order valence-corrected chi connectivity index (χ1v) is 11.6. The van der Waals surface area contributed by atoms with E-state index in [0.29, 0.717) is 12.8 Å². The highest BCUT2D eigenvalue weighted by molar-refractivity contribution is 5.83. The zero-order valence-corrected chi connectivity index (χ0v) is 19.1. The maximum absolute atomic E-state index is 12.7. The van der Waals surface area contributed by atoms with Crippen molar-refractivity contribution in [2.24, 2.45) is 5.92 Å². The third-order valence-electron chi connectivity index (χ3n) is 6.82. The third kappa shape index (κ3) is 4.92. The van der Waals surface area contributed by atoms with Gasteiger partial charge >= 0.3 is 12.1 Å². The minimum Gasteiger partial charge on any atom is -0.479 e. The normalized spacial score (nSPS) is 21.0. The van der Waals surface area contributed by atoms with Gasteiger partial charge in [-0.25, -0.2) is 9.59 Å². The number of carbonyl (C=O) groups excluding carboxylic acids is 2. The van der Waals surface area contributed by atoms with E-state index in [4.69, 9.17) is 9.84 Å². The summed E-state index contributed by atoms with van der Waals surface area (Å²) >= 11 is 0. The molecule has 0 saturated heterocycles. The van der Waals surface area contributed by atoms with Gasteiger partial charge in [-0.1, -0.05) is 61.4 Å². The fraction of sp³-hybridized carbons (Fsp3) is 0.423. The third-order valence-corrected chi connectivity index (χ3v) is 6.82. The summed E-state index contributed by atoms with van der Waals surface area (Å²) in [6.45, 7) is 0.906. The van der Waals surface area contributed by atoms with Crippen molar-refractivity contribution in [2.75, 3.05) is 13.2 Å². The van der Waals surface area contributed by atoms with Crippen LogP contribution in [0.4, 0.5) is 4.79 Å². The van der Waals surface area contributed by atoms with Crippen LogP contribution in [0.15, 0.2) is 48.5 Å². The number of hydrogen-bond donors (Lipinski definition) is 4. The molecular weight excluding hydrogens is 436 g/mol. The molecule has 4 N–H and O–H groups in total. The Kier molecular flexibility index (Phi) is 6.88. The van der Waals surface area contributed by atoms with Crippen LogP contribution in [0.5, 0.6) is 0 Å². The summed E-state index contributed by atoms with van der Waals surface area (Å²) in [5, 5.41) is 24.2. The van der Waals surface area contributed by atoms with Crippen LogP contribution >= 0.6 is 0 Å². The smallest absolute Gasteiger partial charge is 0.407 e. The molecule has 8 nitrogen and oxygen atoms in total. The molecule has 2 aromatic rings. The molecule has 4 rings (SSSR count). The average Bonchev–Trinajstić information content (AvgIpc) is 3.15. The monoisotopic (exact) mass is 466 g/mol. The van der Waals surface area contributed by atoms with Gasteiger partial charge in [-0.15, -0.1) is 0 Å². The number of aliphatic hydroxyl groups is 1. The average molecular weight is 467 g/mol. The van der Waals surface area contributed by atoms with Gasteiger partial charge in [-0.2, -0.15) is 0 Å². The molecule has 8 heteroatoms. The number of alkyl carbamates (subject to hydrolysis) is 1. The maximum Gasteiger partial charge on any atom is 0.407 e. The number of carbonyl (C=O) groups is 3. The molecule has 2 aliphatic carbocycles. The molecule has 1 unspecified atom stereocenters. The second-order valence-electron chi connectivity index (χ2n) is 9.26. The molecule has 34 heavy (non-hydrogen) atoms. The molecule has 1 fully saturated rings. The van der Waals surface area contributed by atoms with E-state index < -0.39 is 36.2 Å². The molecule has 0 spiro atoms. The Bertz CT molecular complexity index is 1040. The van der Waals surface area contributed by atoms with E-state index in [-0.39, 0.29) is 18.4 Å². The first kappa shape index (κ1) is 23.8. The SMILES string of the molecule is CC(O)(CNC(=O)[C@@H]1CCCC[C@@H]1NC(=O)OCC1c2ccccc2-c2ccccc21)C(=O)O. The van der Waals surface area contributed by atoms with Crippen molar-refractivity contribution in [1.82, 2.24) is 10.6 Å². The Hall–Kier alpha value is -3.39. The summed E-state index contributed by atoms with van der Waals surface area (Å²) in [5.41, 5.74) is 2.48. The Morgan fingerprint density at radius 2 is 1.59 bits per heavy atom. The number of carboxylic acid groups (broad SMARTS) is 1. The fourth-order valence-electron chi connectivity index (χ4n) is 4.87. The van der Waals surface area contributed by atoms with Crippen LogP contribution in [0.1, 0.15) is 49.7 Å². The molecule has 0 bridgehead atoms. The first-order valence-electron chi connectivity index (χ1n) is 11.6. The molecule has 1 saturated carbocycles. The zero-order valence-electron chi connectivity index (χ0n) is 19.1. The van der Waals surface area contributed by atoms with Gasteiger partial charge in [0.25, 0.3) is 0 Å². The molecule has 2 aliphatic rings. The molecule has 2 amide bonds. The highest BCUT2D eigenvalue weighted by Gasteiger charge is 2.36. The van der Waals surface area contributed by atoms with Crippen LogP contribution in [0.2, 0.25) is 0 Å². The van der Waals surface area contributed by atoms with Gasteiger partial charge in [-0.3, -0.25) is 4.79 Å². The largest absolute Gasteiger partial charge is 0.479 e. The number of aliphatic carboxylic acids is 1. The van der Waals surface area contributed by atoms with Crippen molar-refractivity contribution < 1.29 is 29.3 Å². The zero-order chi connectivity index (χ0) is 24.3. The summed E-state index contributed by atoms with van der Waals surface area (Å²) in [6, 6.07) is 15.8. The molecule has 0 radical (unpaired) electrons. The quantitative estimate of drug-likeness (QED) is 0.497. The number of ether oxygens (including phenoxy) is 1. The lowest BCUT2D eigenvalue weighted by molar-refractivity contribution is -0.156. The second kappa shape index (κ2) is 9.85. The van der Waals surface area contributed by atoms with Crippen molar-refractivity contribution >= 4 is 18.0 Å². The van der Waals surface area contributed by atoms with Crippen molar-refractivity contribution in [1.29, 1.82) is 0 Å². The number of benzene rings is 2. The molecule has 2 aromatic carbocycles. The van der Waals surface area contributed by atoms with Gasteiger partial charge in [0, 0.05) is 12.0 Å². The van der Waals surface area contributed by atoms with Gasteiger partial charge < -0.3 is 25.6 Å². The van der Waals surface area contributed by atoms with E-state index in [0.717, 1.165) is 42.0 Å². The van der Waals surface area contributed by atoms with Gasteiger partial charge in [0.2, 0.25) is 5.91 Å². The number of hydrogen-bond acceptors (Lipinski definition) is 5. The van der Waals surface area contributed by atoms with Crippen molar-refractivity contribution in [3.8, 4) is 11.1 Å². The molecule has 0 aromatic heterocycles. The molecular formula is C26H30N2O6. The number of rotatable bonds is 7. The highest BCUT2D eigenvalue weighted by atomic mass is 16.5. The van der Waals surface area contributed by atoms with E-state index in [2.05, 4.69) is 34.9 Å². The number of amides is 2. The summed E-state index contributed by atoms with van der Waals surface area (Å²) in [4.78, 5) is 36.5. The summed E-state index contributed by atoms with van der Waals surface area (Å²) in [6.07, 6.45) is 2.30. The molecule has 0 heterocycles. The topological polar surface area (TPSA) is 125 Å². The van der Waals surface area contributed by atoms with Crippen LogP contribution in [0, 0.1) is 5.92 Å². The molecule has 0 aliphatic heterocycles. The van der Waals surface area contributed by atoms with Crippen molar-refractivity contribution in [3.63, 3.8) is 0 Å². The minimum atomic E-state index is -2.06. The predicted octanol–water partition coefficient (Wildman–Crippen LogP) is 3.04. The lowest BCUT2D eigenvalue weighted by atomic mass is 9.83. The number of carboxylic acids is 1. The maximum atomic E-state index is 12.7. The Morgan fingerprint density at radius 3 is 2.21 bits per heavy atom. The fourth-order valence-corrected chi connectivity index (χ4v) is 4.87. The lowest BCUT2D eigenvalue weighted by Crippen LogP contribution is -2.52. The lowest BCUT2D eigenvalue weighted by Gasteiger charge is -2.31. The number of nitrogens with one attached hydrogen (secondary N) is 2. The summed E-state index contributed by atoms with van der Waals surface area (Å²) in [5.74, 6) is -2.37. The van der Waals surface area contributed by atoms with Crippen LogP contribution in [-0.2, 0) is 14.3 Å². The van der Waals surface area contributed by atoms with E-state index in [1.807, 2.05) is 24.3 Å². The summed E-state index contributed by atoms with van der Waals surface area (Å²) in [7, 11) is 0. The van der Waals surface area contributed by atoms with Gasteiger partial charge in [0.1, 0.15) is 6.61 Å². The van der Waals surface area contributed by atoms with Crippen LogP contribution < -0.4 is 10.6 Å². The molecule has 180 valence electrons. The van der Waals surface area contributed by atoms with E-state index in [1.54, 1.807) is 0 Å². The second-order valence-corrected chi connectivity index (χ2v) is 9.26. The van der Waals surface area contributed by atoms with E-state index in [1.165, 1.54) is 0 Å². The van der Waals surface area contributed by atoms with Crippen LogP contribution in [-0.4, -0.2) is 53.0 Å². The Balaban J connectivity index is 1.37. The van der Waals surface area contributed by atoms with Gasteiger partial charge in [0.05, 0.1) is 12.5 Å². The Labute approximate surface area is 198 Å². The van der Waals surface area contributed by atoms with Crippen LogP contribution in [0.3, 0.4) is 0 Å². The minimum absolute atomic E-state index is 0.0538. The molecule has 3 atom stereocenters. The van der Waals surface area contributed by atoms with Gasteiger partial charge in [0.15, 0.2) is 5.60 Å².